The molecule has 0 saturated carbocycles. The van der Waals surface area contributed by atoms with Crippen molar-refractivity contribution in [3.05, 3.63) is 41.5 Å². The van der Waals surface area contributed by atoms with E-state index in [0.29, 0.717) is 12.1 Å². The van der Waals surface area contributed by atoms with E-state index in [-0.39, 0.29) is 23.5 Å². The fourth-order valence-electron chi connectivity index (χ4n) is 1.89. The van der Waals surface area contributed by atoms with Crippen molar-refractivity contribution in [1.82, 2.24) is 20.1 Å². The maximum Gasteiger partial charge on any atom is 0.230 e. The molecule has 0 aliphatic heterocycles. The Morgan fingerprint density at radius 3 is 2.91 bits per heavy atom. The van der Waals surface area contributed by atoms with Crippen LogP contribution in [0.25, 0.3) is 0 Å². The smallest absolute Gasteiger partial charge is 0.230 e. The molecule has 0 aliphatic rings. The molecule has 0 radical (unpaired) electrons. The molecule has 0 spiro atoms. The van der Waals surface area contributed by atoms with Crippen molar-refractivity contribution in [1.29, 1.82) is 0 Å². The number of nitrogens with zero attached hydrogens (tertiary/aromatic N) is 3. The quantitative estimate of drug-likeness (QED) is 0.831. The number of nitrogens with one attached hydrogen (secondary N) is 1. The number of aromatic nitrogens is 3. The third kappa shape index (κ3) is 4.30. The standard InChI is InChI=1S/C15H19FN4OS/c1-10(2)20-9-18-19-15(20)22-8-14(21)17-7-12-4-5-13(16)11(3)6-12/h4-6,9-10H,7-8H2,1-3H3,(H,17,21). The van der Waals surface area contributed by atoms with E-state index in [1.54, 1.807) is 25.4 Å². The average Bonchev–Trinajstić information content (AvgIpc) is 2.95. The Hall–Kier alpha value is -1.89. The Bertz CT molecular complexity index is 657. The number of hydrogen-bond acceptors (Lipinski definition) is 4. The fourth-order valence-corrected chi connectivity index (χ4v) is 2.76. The number of halogens is 1. The van der Waals surface area contributed by atoms with Gasteiger partial charge in [-0.3, -0.25) is 4.79 Å². The second-order valence-corrected chi connectivity index (χ2v) is 6.21. The first-order valence-corrected chi connectivity index (χ1v) is 8.00. The predicted octanol–water partition coefficient (Wildman–Crippen LogP) is 2.72. The summed E-state index contributed by atoms with van der Waals surface area (Å²) >= 11 is 1.35. The first-order valence-electron chi connectivity index (χ1n) is 7.01. The highest BCUT2D eigenvalue weighted by Crippen LogP contribution is 2.18. The van der Waals surface area contributed by atoms with Gasteiger partial charge in [0.1, 0.15) is 12.1 Å². The summed E-state index contributed by atoms with van der Waals surface area (Å²) in [5.74, 6) is -0.0603. The molecule has 118 valence electrons. The van der Waals surface area contributed by atoms with Crippen molar-refractivity contribution >= 4 is 17.7 Å². The minimum atomic E-state index is -0.237. The Morgan fingerprint density at radius 2 is 2.23 bits per heavy atom. The lowest BCUT2D eigenvalue weighted by Crippen LogP contribution is -2.24. The third-order valence-electron chi connectivity index (χ3n) is 3.14. The molecule has 0 aliphatic carbocycles. The molecule has 0 atom stereocenters. The Balaban J connectivity index is 1.83. The predicted molar refractivity (Wildman–Crippen MR) is 84.1 cm³/mol. The summed E-state index contributed by atoms with van der Waals surface area (Å²) < 4.78 is 15.1. The lowest BCUT2D eigenvalue weighted by atomic mass is 10.1. The number of amides is 1. The topological polar surface area (TPSA) is 59.8 Å². The molecular formula is C15H19FN4OS. The summed E-state index contributed by atoms with van der Waals surface area (Å²) in [6.07, 6.45) is 1.66. The van der Waals surface area contributed by atoms with Crippen molar-refractivity contribution in [2.24, 2.45) is 0 Å². The summed E-state index contributed by atoms with van der Waals surface area (Å²) in [6, 6.07) is 5.07. The molecular weight excluding hydrogens is 303 g/mol. The minimum Gasteiger partial charge on any atom is -0.351 e. The maximum absolute atomic E-state index is 13.2. The molecule has 0 unspecified atom stereocenters. The summed E-state index contributed by atoms with van der Waals surface area (Å²) in [6.45, 7) is 6.15. The van der Waals surface area contributed by atoms with Gasteiger partial charge in [0.05, 0.1) is 5.75 Å². The summed E-state index contributed by atoms with van der Waals surface area (Å²) in [5.41, 5.74) is 1.45. The molecule has 0 bridgehead atoms. The zero-order chi connectivity index (χ0) is 16.1. The molecule has 1 N–H and O–H groups in total. The van der Waals surface area contributed by atoms with Crippen LogP contribution in [0.5, 0.6) is 0 Å². The maximum atomic E-state index is 13.2. The van der Waals surface area contributed by atoms with Crippen LogP contribution in [-0.2, 0) is 11.3 Å². The third-order valence-corrected chi connectivity index (χ3v) is 4.10. The Kier molecular flexibility index (Phi) is 5.54. The minimum absolute atomic E-state index is 0.0923. The molecule has 5 nitrogen and oxygen atoms in total. The van der Waals surface area contributed by atoms with E-state index < -0.39 is 0 Å². The van der Waals surface area contributed by atoms with Crippen molar-refractivity contribution in [3.63, 3.8) is 0 Å². The zero-order valence-corrected chi connectivity index (χ0v) is 13.7. The number of benzene rings is 1. The van der Waals surface area contributed by atoms with Gasteiger partial charge in [-0.05, 0) is 38.0 Å². The summed E-state index contributed by atoms with van der Waals surface area (Å²) in [7, 11) is 0. The van der Waals surface area contributed by atoms with E-state index in [2.05, 4.69) is 15.5 Å². The molecule has 22 heavy (non-hydrogen) atoms. The number of carbonyl (C=O) groups excluding carboxylic acids is 1. The van der Waals surface area contributed by atoms with Crippen LogP contribution in [0.3, 0.4) is 0 Å². The first-order chi connectivity index (χ1) is 10.5. The van der Waals surface area contributed by atoms with Crippen LogP contribution in [0, 0.1) is 12.7 Å². The second kappa shape index (κ2) is 7.40. The Labute approximate surface area is 133 Å². The zero-order valence-electron chi connectivity index (χ0n) is 12.8. The van der Waals surface area contributed by atoms with Crippen LogP contribution in [0.2, 0.25) is 0 Å². The molecule has 2 aromatic rings. The highest BCUT2D eigenvalue weighted by molar-refractivity contribution is 7.99. The van der Waals surface area contributed by atoms with Gasteiger partial charge < -0.3 is 9.88 Å². The molecule has 0 saturated heterocycles. The number of hydrogen-bond donors (Lipinski definition) is 1. The van der Waals surface area contributed by atoms with E-state index in [4.69, 9.17) is 0 Å². The molecule has 1 amide bonds. The van der Waals surface area contributed by atoms with Crippen molar-refractivity contribution in [2.45, 2.75) is 38.5 Å². The largest absolute Gasteiger partial charge is 0.351 e. The molecule has 0 fully saturated rings. The van der Waals surface area contributed by atoms with Crippen molar-refractivity contribution in [2.75, 3.05) is 5.75 Å². The van der Waals surface area contributed by atoms with E-state index >= 15 is 0 Å². The van der Waals surface area contributed by atoms with Crippen molar-refractivity contribution in [3.8, 4) is 0 Å². The van der Waals surface area contributed by atoms with Gasteiger partial charge in [0.25, 0.3) is 0 Å². The van der Waals surface area contributed by atoms with Crippen LogP contribution in [0.4, 0.5) is 4.39 Å². The second-order valence-electron chi connectivity index (χ2n) is 5.26. The van der Waals surface area contributed by atoms with Crippen LogP contribution in [0.1, 0.15) is 31.0 Å². The highest BCUT2D eigenvalue weighted by Gasteiger charge is 2.10. The van der Waals surface area contributed by atoms with Crippen LogP contribution >= 0.6 is 11.8 Å². The average molecular weight is 322 g/mol. The number of rotatable bonds is 6. The number of aryl methyl sites for hydroxylation is 1. The molecule has 1 aromatic carbocycles. The van der Waals surface area contributed by atoms with E-state index in [0.717, 1.165) is 10.7 Å². The van der Waals surface area contributed by atoms with E-state index in [1.165, 1.54) is 17.8 Å². The van der Waals surface area contributed by atoms with Gasteiger partial charge >= 0.3 is 0 Å². The first kappa shape index (κ1) is 16.5. The number of carbonyl (C=O) groups is 1. The van der Waals surface area contributed by atoms with Gasteiger partial charge in [-0.15, -0.1) is 10.2 Å². The van der Waals surface area contributed by atoms with Crippen LogP contribution in [0.15, 0.2) is 29.7 Å². The monoisotopic (exact) mass is 322 g/mol. The fraction of sp³-hybridized carbons (Fsp3) is 0.400. The van der Waals surface area contributed by atoms with Gasteiger partial charge in [-0.1, -0.05) is 23.9 Å². The SMILES string of the molecule is Cc1cc(CNC(=O)CSc2nncn2C(C)C)ccc1F. The molecule has 1 heterocycles. The summed E-state index contributed by atoms with van der Waals surface area (Å²) in [5, 5.41) is 11.4. The Morgan fingerprint density at radius 1 is 1.45 bits per heavy atom. The van der Waals surface area contributed by atoms with Gasteiger partial charge in [-0.25, -0.2) is 4.39 Å². The van der Waals surface area contributed by atoms with Crippen molar-refractivity contribution < 1.29 is 9.18 Å². The molecule has 7 heteroatoms. The van der Waals surface area contributed by atoms with Crippen LogP contribution < -0.4 is 5.32 Å². The number of thioether (sulfide) groups is 1. The van der Waals surface area contributed by atoms with Gasteiger partial charge in [-0.2, -0.15) is 0 Å². The highest BCUT2D eigenvalue weighted by atomic mass is 32.2. The molecule has 1 aromatic heterocycles. The summed E-state index contributed by atoms with van der Waals surface area (Å²) in [4.78, 5) is 11.9. The lowest BCUT2D eigenvalue weighted by molar-refractivity contribution is -0.118. The van der Waals surface area contributed by atoms with E-state index in [1.807, 2.05) is 18.4 Å². The van der Waals surface area contributed by atoms with Gasteiger partial charge in [0.15, 0.2) is 5.16 Å². The van der Waals surface area contributed by atoms with Gasteiger partial charge in [0, 0.05) is 12.6 Å². The normalized spacial score (nSPS) is 11.0. The van der Waals surface area contributed by atoms with E-state index in [9.17, 15) is 9.18 Å². The van der Waals surface area contributed by atoms with Gasteiger partial charge in [0.2, 0.25) is 5.91 Å². The van der Waals surface area contributed by atoms with Crippen LogP contribution in [-0.4, -0.2) is 26.4 Å². The lowest BCUT2D eigenvalue weighted by Gasteiger charge is -2.09. The molecule has 2 rings (SSSR count).